The number of aromatic nitrogens is 3. The first-order chi connectivity index (χ1) is 15.5. The molecular formula is C20H19FN6O5. The predicted octanol–water partition coefficient (Wildman–Crippen LogP) is 0.747. The molecule has 0 aliphatic heterocycles. The summed E-state index contributed by atoms with van der Waals surface area (Å²) in [6.45, 7) is -0.149. The SMILES string of the molecule is COc1cccc(/C=N/NC(=O)CNc2n[nH]c(=O)[nH]c2=O)c1OCc1ccc(F)cc1. The van der Waals surface area contributed by atoms with E-state index in [1.54, 1.807) is 30.3 Å². The molecule has 11 nitrogen and oxygen atoms in total. The molecule has 0 saturated carbocycles. The Labute approximate surface area is 180 Å². The summed E-state index contributed by atoms with van der Waals surface area (Å²) in [5.41, 5.74) is 2.06. The maximum Gasteiger partial charge on any atom is 0.342 e. The van der Waals surface area contributed by atoms with Crippen molar-refractivity contribution >= 4 is 17.9 Å². The Hall–Kier alpha value is -4.48. The average Bonchev–Trinajstić information content (AvgIpc) is 2.78. The van der Waals surface area contributed by atoms with Gasteiger partial charge in [0.1, 0.15) is 12.4 Å². The smallest absolute Gasteiger partial charge is 0.342 e. The number of hydrogen-bond donors (Lipinski definition) is 4. The summed E-state index contributed by atoms with van der Waals surface area (Å²) < 4.78 is 24.2. The zero-order valence-electron chi connectivity index (χ0n) is 16.8. The number of amides is 1. The molecule has 3 rings (SSSR count). The van der Waals surface area contributed by atoms with Gasteiger partial charge in [-0.25, -0.2) is 19.7 Å². The minimum atomic E-state index is -0.760. The topological polar surface area (TPSA) is 151 Å². The van der Waals surface area contributed by atoms with Crippen LogP contribution in [0.5, 0.6) is 11.5 Å². The summed E-state index contributed by atoms with van der Waals surface area (Å²) >= 11 is 0. The summed E-state index contributed by atoms with van der Waals surface area (Å²) in [4.78, 5) is 36.4. The second-order valence-corrected chi connectivity index (χ2v) is 6.30. The van der Waals surface area contributed by atoms with Crippen molar-refractivity contribution in [2.75, 3.05) is 19.0 Å². The molecule has 0 unspecified atom stereocenters. The Bertz CT molecular complexity index is 1220. The Kier molecular flexibility index (Phi) is 7.30. The van der Waals surface area contributed by atoms with Crippen LogP contribution in [-0.4, -0.2) is 41.0 Å². The van der Waals surface area contributed by atoms with Gasteiger partial charge in [0, 0.05) is 5.56 Å². The maximum absolute atomic E-state index is 13.1. The second-order valence-electron chi connectivity index (χ2n) is 6.30. The molecule has 0 fully saturated rings. The molecule has 2 aromatic carbocycles. The van der Waals surface area contributed by atoms with E-state index in [9.17, 15) is 18.8 Å². The normalized spacial score (nSPS) is 10.7. The predicted molar refractivity (Wildman–Crippen MR) is 113 cm³/mol. The molecule has 0 aliphatic carbocycles. The van der Waals surface area contributed by atoms with Crippen LogP contribution in [0.3, 0.4) is 0 Å². The highest BCUT2D eigenvalue weighted by molar-refractivity contribution is 5.87. The third kappa shape index (κ3) is 6.01. The summed E-state index contributed by atoms with van der Waals surface area (Å²) in [5.74, 6) is -0.282. The fourth-order valence-electron chi connectivity index (χ4n) is 2.53. The van der Waals surface area contributed by atoms with Crippen molar-refractivity contribution in [3.8, 4) is 11.5 Å². The van der Waals surface area contributed by atoms with Crippen molar-refractivity contribution in [2.45, 2.75) is 6.61 Å². The number of carbonyl (C=O) groups excluding carboxylic acids is 1. The summed E-state index contributed by atoms with van der Waals surface area (Å²) in [6, 6.07) is 11.0. The van der Waals surface area contributed by atoms with E-state index < -0.39 is 17.2 Å². The van der Waals surface area contributed by atoms with E-state index in [1.807, 2.05) is 10.1 Å². The first-order valence-corrected chi connectivity index (χ1v) is 9.25. The molecule has 0 spiro atoms. The molecule has 0 aliphatic rings. The van der Waals surface area contributed by atoms with Gasteiger partial charge in [-0.3, -0.25) is 14.6 Å². The van der Waals surface area contributed by atoms with E-state index in [4.69, 9.17) is 9.47 Å². The molecule has 0 radical (unpaired) electrons. The Morgan fingerprint density at radius 3 is 2.72 bits per heavy atom. The van der Waals surface area contributed by atoms with Crippen LogP contribution < -0.4 is 31.5 Å². The molecule has 1 amide bonds. The molecule has 1 aromatic heterocycles. The number of hydrazone groups is 1. The summed E-state index contributed by atoms with van der Waals surface area (Å²) in [7, 11) is 1.49. The van der Waals surface area contributed by atoms with Crippen molar-refractivity contribution in [3.05, 3.63) is 80.2 Å². The zero-order valence-corrected chi connectivity index (χ0v) is 16.8. The third-order valence-electron chi connectivity index (χ3n) is 4.05. The molecule has 3 aromatic rings. The van der Waals surface area contributed by atoms with E-state index in [0.717, 1.165) is 5.56 Å². The molecular weight excluding hydrogens is 423 g/mol. The molecule has 0 saturated heterocycles. The number of rotatable bonds is 9. The minimum Gasteiger partial charge on any atom is -0.493 e. The van der Waals surface area contributed by atoms with Crippen LogP contribution in [0.1, 0.15) is 11.1 Å². The van der Waals surface area contributed by atoms with Crippen LogP contribution in [0.4, 0.5) is 10.2 Å². The molecule has 0 atom stereocenters. The van der Waals surface area contributed by atoms with E-state index in [-0.39, 0.29) is 24.8 Å². The van der Waals surface area contributed by atoms with Gasteiger partial charge in [0.25, 0.3) is 11.5 Å². The maximum atomic E-state index is 13.1. The number of methoxy groups -OCH3 is 1. The van der Waals surface area contributed by atoms with Crippen molar-refractivity contribution in [2.24, 2.45) is 5.10 Å². The molecule has 4 N–H and O–H groups in total. The lowest BCUT2D eigenvalue weighted by atomic mass is 10.2. The fourth-order valence-corrected chi connectivity index (χ4v) is 2.53. The van der Waals surface area contributed by atoms with E-state index in [2.05, 4.69) is 20.9 Å². The minimum absolute atomic E-state index is 0.165. The molecule has 0 bridgehead atoms. The van der Waals surface area contributed by atoms with E-state index in [0.29, 0.717) is 17.1 Å². The number of carbonyl (C=O) groups is 1. The van der Waals surface area contributed by atoms with Gasteiger partial charge in [0.2, 0.25) is 5.82 Å². The van der Waals surface area contributed by atoms with Crippen LogP contribution in [0.2, 0.25) is 0 Å². The van der Waals surface area contributed by atoms with Gasteiger partial charge in [0.05, 0.1) is 19.9 Å². The zero-order chi connectivity index (χ0) is 22.9. The van der Waals surface area contributed by atoms with Gasteiger partial charge in [-0.15, -0.1) is 5.10 Å². The highest BCUT2D eigenvalue weighted by Crippen LogP contribution is 2.30. The highest BCUT2D eigenvalue weighted by Gasteiger charge is 2.10. The van der Waals surface area contributed by atoms with Gasteiger partial charge in [-0.05, 0) is 29.8 Å². The molecule has 166 valence electrons. The number of anilines is 1. The lowest BCUT2D eigenvalue weighted by molar-refractivity contribution is -0.119. The number of nitrogens with one attached hydrogen (secondary N) is 4. The molecule has 12 heteroatoms. The van der Waals surface area contributed by atoms with Crippen molar-refractivity contribution in [3.63, 3.8) is 0 Å². The highest BCUT2D eigenvalue weighted by atomic mass is 19.1. The first kappa shape index (κ1) is 22.2. The van der Waals surface area contributed by atoms with E-state index in [1.165, 1.54) is 25.5 Å². The number of benzene rings is 2. The van der Waals surface area contributed by atoms with Gasteiger partial charge >= 0.3 is 5.69 Å². The number of nitrogens with zero attached hydrogens (tertiary/aromatic N) is 2. The van der Waals surface area contributed by atoms with Gasteiger partial charge in [0.15, 0.2) is 11.5 Å². The number of ether oxygens (including phenoxy) is 2. The standard InChI is InChI=1S/C20H19FN6O5/c1-31-15-4-2-3-13(17(15)32-11-12-5-7-14(21)8-6-12)9-23-25-16(28)10-22-18-19(29)24-20(30)27-26-18/h2-9H,10-11H2,1H3,(H,22,26)(H,25,28)(H2,24,27,29,30)/b23-9+. The lowest BCUT2D eigenvalue weighted by Crippen LogP contribution is -2.31. The lowest BCUT2D eigenvalue weighted by Gasteiger charge is -2.13. The molecule has 1 heterocycles. The first-order valence-electron chi connectivity index (χ1n) is 9.25. The molecule has 32 heavy (non-hydrogen) atoms. The van der Waals surface area contributed by atoms with Crippen LogP contribution in [-0.2, 0) is 11.4 Å². The number of hydrogen-bond acceptors (Lipinski definition) is 8. The van der Waals surface area contributed by atoms with Gasteiger partial charge in [-0.2, -0.15) is 5.10 Å². The average molecular weight is 442 g/mol. The Morgan fingerprint density at radius 1 is 1.22 bits per heavy atom. The number of para-hydroxylation sites is 1. The van der Waals surface area contributed by atoms with Crippen LogP contribution in [0.15, 0.2) is 57.2 Å². The Balaban J connectivity index is 1.62. The van der Waals surface area contributed by atoms with Crippen LogP contribution >= 0.6 is 0 Å². The number of aromatic amines is 2. The quantitative estimate of drug-likeness (QED) is 0.282. The summed E-state index contributed by atoms with van der Waals surface area (Å²) in [5, 5.41) is 11.9. The number of halogens is 1. The van der Waals surface area contributed by atoms with Gasteiger partial charge < -0.3 is 14.8 Å². The Morgan fingerprint density at radius 2 is 2.00 bits per heavy atom. The summed E-state index contributed by atoms with van der Waals surface area (Å²) in [6.07, 6.45) is 1.37. The van der Waals surface area contributed by atoms with Crippen LogP contribution in [0.25, 0.3) is 0 Å². The van der Waals surface area contributed by atoms with Crippen molar-refractivity contribution in [1.82, 2.24) is 20.6 Å². The van der Waals surface area contributed by atoms with Crippen molar-refractivity contribution < 1.29 is 18.7 Å². The van der Waals surface area contributed by atoms with Gasteiger partial charge in [-0.1, -0.05) is 18.2 Å². The fraction of sp³-hybridized carbons (Fsp3) is 0.150. The monoisotopic (exact) mass is 442 g/mol. The van der Waals surface area contributed by atoms with Crippen molar-refractivity contribution in [1.29, 1.82) is 0 Å². The largest absolute Gasteiger partial charge is 0.493 e. The van der Waals surface area contributed by atoms with E-state index >= 15 is 0 Å². The second kappa shape index (κ2) is 10.5. The number of H-pyrrole nitrogens is 2. The third-order valence-corrected chi connectivity index (χ3v) is 4.05. The van der Waals surface area contributed by atoms with Crippen LogP contribution in [0, 0.1) is 5.82 Å².